The molecule has 2 fully saturated rings. The Morgan fingerprint density at radius 3 is 2.32 bits per heavy atom. The number of rotatable bonds is 2. The maximum absolute atomic E-state index is 12.7. The molecule has 0 aliphatic carbocycles. The normalized spacial score (nSPS) is 25.6. The lowest BCUT2D eigenvalue weighted by Gasteiger charge is -2.38. The number of anilines is 1. The molecule has 2 aliphatic rings. The second-order valence-electron chi connectivity index (χ2n) is 6.14. The van der Waals surface area contributed by atoms with Crippen LogP contribution in [0.15, 0.2) is 24.3 Å². The third-order valence-corrected chi connectivity index (χ3v) is 4.40. The number of benzene rings is 1. The minimum atomic E-state index is 0.0302. The van der Waals surface area contributed by atoms with E-state index < -0.39 is 0 Å². The van der Waals surface area contributed by atoms with Crippen LogP contribution in [-0.4, -0.2) is 48.6 Å². The van der Waals surface area contributed by atoms with Crippen LogP contribution in [0, 0.1) is 0 Å². The Bertz CT molecular complexity index is 560. The van der Waals surface area contributed by atoms with Crippen molar-refractivity contribution in [2.75, 3.05) is 24.7 Å². The smallest absolute Gasteiger partial charge is 0.254 e. The van der Waals surface area contributed by atoms with E-state index >= 15 is 0 Å². The molecule has 2 amide bonds. The van der Waals surface area contributed by atoms with Crippen LogP contribution in [0.5, 0.6) is 0 Å². The van der Waals surface area contributed by atoms with E-state index in [2.05, 4.69) is 0 Å². The van der Waals surface area contributed by atoms with Gasteiger partial charge >= 0.3 is 0 Å². The SMILES string of the molecule is CC1COCC(C)N1C(=O)c1ccc(N2CCCC2=O)cc1. The predicted molar refractivity (Wildman–Crippen MR) is 83.9 cm³/mol. The molecule has 22 heavy (non-hydrogen) atoms. The van der Waals surface area contributed by atoms with Crippen LogP contribution in [0.25, 0.3) is 0 Å². The molecule has 2 heterocycles. The predicted octanol–water partition coefficient (Wildman–Crippen LogP) is 2.06. The Morgan fingerprint density at radius 2 is 1.77 bits per heavy atom. The van der Waals surface area contributed by atoms with Gasteiger partial charge in [0, 0.05) is 24.2 Å². The molecule has 0 saturated carbocycles. The highest BCUT2D eigenvalue weighted by Gasteiger charge is 2.30. The molecular formula is C17H22N2O3. The molecule has 0 bridgehead atoms. The van der Waals surface area contributed by atoms with Gasteiger partial charge in [-0.05, 0) is 44.5 Å². The third-order valence-electron chi connectivity index (χ3n) is 4.40. The van der Waals surface area contributed by atoms with Gasteiger partial charge in [-0.2, -0.15) is 0 Å². The molecule has 3 rings (SSSR count). The van der Waals surface area contributed by atoms with E-state index in [9.17, 15) is 9.59 Å². The van der Waals surface area contributed by atoms with Crippen LogP contribution < -0.4 is 4.90 Å². The van der Waals surface area contributed by atoms with Gasteiger partial charge in [0.05, 0.1) is 25.3 Å². The number of ether oxygens (including phenoxy) is 1. The maximum atomic E-state index is 12.7. The summed E-state index contributed by atoms with van der Waals surface area (Å²) in [5.74, 6) is 0.192. The molecule has 5 nitrogen and oxygen atoms in total. The van der Waals surface area contributed by atoms with Gasteiger partial charge in [-0.1, -0.05) is 0 Å². The van der Waals surface area contributed by atoms with Gasteiger partial charge in [-0.3, -0.25) is 9.59 Å². The standard InChI is InChI=1S/C17H22N2O3/c1-12-10-22-11-13(2)19(12)17(21)14-5-7-15(8-6-14)18-9-3-4-16(18)20/h5-8,12-13H,3-4,9-11H2,1-2H3. The van der Waals surface area contributed by atoms with Crippen molar-refractivity contribution in [3.05, 3.63) is 29.8 Å². The molecular weight excluding hydrogens is 280 g/mol. The number of hydrogen-bond donors (Lipinski definition) is 0. The highest BCUT2D eigenvalue weighted by Crippen LogP contribution is 2.23. The summed E-state index contributed by atoms with van der Waals surface area (Å²) in [5, 5.41) is 0. The zero-order valence-electron chi connectivity index (χ0n) is 13.1. The number of carbonyl (C=O) groups is 2. The molecule has 1 aromatic carbocycles. The topological polar surface area (TPSA) is 49.9 Å². The fraction of sp³-hybridized carbons (Fsp3) is 0.529. The molecule has 5 heteroatoms. The van der Waals surface area contributed by atoms with Crippen molar-refractivity contribution in [1.29, 1.82) is 0 Å². The summed E-state index contributed by atoms with van der Waals surface area (Å²) < 4.78 is 5.47. The minimum absolute atomic E-state index is 0.0302. The quantitative estimate of drug-likeness (QED) is 0.840. The number of amides is 2. The summed E-state index contributed by atoms with van der Waals surface area (Å²) in [6, 6.07) is 7.53. The van der Waals surface area contributed by atoms with Crippen LogP contribution in [0.1, 0.15) is 37.0 Å². The zero-order valence-corrected chi connectivity index (χ0v) is 13.1. The van der Waals surface area contributed by atoms with Crippen molar-refractivity contribution >= 4 is 17.5 Å². The first-order valence-corrected chi connectivity index (χ1v) is 7.89. The first-order chi connectivity index (χ1) is 10.6. The Kier molecular flexibility index (Phi) is 4.16. The number of nitrogens with zero attached hydrogens (tertiary/aromatic N) is 2. The van der Waals surface area contributed by atoms with E-state index in [4.69, 9.17) is 4.74 Å². The Morgan fingerprint density at radius 1 is 1.14 bits per heavy atom. The number of morpholine rings is 1. The summed E-state index contributed by atoms with van der Waals surface area (Å²) >= 11 is 0. The molecule has 2 aliphatic heterocycles. The van der Waals surface area contributed by atoms with E-state index in [0.29, 0.717) is 25.2 Å². The van der Waals surface area contributed by atoms with Crippen LogP contribution in [0.3, 0.4) is 0 Å². The van der Waals surface area contributed by atoms with Gasteiger partial charge < -0.3 is 14.5 Å². The van der Waals surface area contributed by atoms with Gasteiger partial charge in [-0.25, -0.2) is 0 Å². The summed E-state index contributed by atoms with van der Waals surface area (Å²) in [7, 11) is 0. The van der Waals surface area contributed by atoms with Crippen LogP contribution in [0.4, 0.5) is 5.69 Å². The van der Waals surface area contributed by atoms with Crippen LogP contribution >= 0.6 is 0 Å². The first-order valence-electron chi connectivity index (χ1n) is 7.89. The van der Waals surface area contributed by atoms with Gasteiger partial charge in [-0.15, -0.1) is 0 Å². The van der Waals surface area contributed by atoms with Crippen molar-refractivity contribution in [3.8, 4) is 0 Å². The lowest BCUT2D eigenvalue weighted by molar-refractivity contribution is -0.117. The van der Waals surface area contributed by atoms with Crippen LogP contribution in [-0.2, 0) is 9.53 Å². The van der Waals surface area contributed by atoms with E-state index in [-0.39, 0.29) is 23.9 Å². The summed E-state index contributed by atoms with van der Waals surface area (Å²) in [6.45, 7) is 5.94. The average Bonchev–Trinajstić information content (AvgIpc) is 2.93. The molecule has 0 radical (unpaired) electrons. The minimum Gasteiger partial charge on any atom is -0.377 e. The van der Waals surface area contributed by atoms with Gasteiger partial charge in [0.15, 0.2) is 0 Å². The van der Waals surface area contributed by atoms with Crippen molar-refractivity contribution in [2.24, 2.45) is 0 Å². The second-order valence-corrected chi connectivity index (χ2v) is 6.14. The monoisotopic (exact) mass is 302 g/mol. The molecule has 0 spiro atoms. The molecule has 2 atom stereocenters. The second kappa shape index (κ2) is 6.08. The van der Waals surface area contributed by atoms with Gasteiger partial charge in [0.1, 0.15) is 0 Å². The Hall–Kier alpha value is -1.88. The van der Waals surface area contributed by atoms with E-state index in [1.54, 1.807) is 4.90 Å². The fourth-order valence-electron chi connectivity index (χ4n) is 3.26. The lowest BCUT2D eigenvalue weighted by atomic mass is 10.1. The molecule has 2 unspecified atom stereocenters. The first kappa shape index (κ1) is 15.0. The van der Waals surface area contributed by atoms with E-state index in [1.807, 2.05) is 43.0 Å². The lowest BCUT2D eigenvalue weighted by Crippen LogP contribution is -2.52. The van der Waals surface area contributed by atoms with Gasteiger partial charge in [0.25, 0.3) is 5.91 Å². The summed E-state index contributed by atoms with van der Waals surface area (Å²) in [4.78, 5) is 28.1. The van der Waals surface area contributed by atoms with E-state index in [1.165, 1.54) is 0 Å². The van der Waals surface area contributed by atoms with Crippen LogP contribution in [0.2, 0.25) is 0 Å². The highest BCUT2D eigenvalue weighted by molar-refractivity contribution is 5.97. The molecule has 118 valence electrons. The fourth-order valence-corrected chi connectivity index (χ4v) is 3.26. The molecule has 1 aromatic rings. The van der Waals surface area contributed by atoms with Gasteiger partial charge in [0.2, 0.25) is 5.91 Å². The van der Waals surface area contributed by atoms with Crippen molar-refractivity contribution in [2.45, 2.75) is 38.8 Å². The third kappa shape index (κ3) is 2.73. The highest BCUT2D eigenvalue weighted by atomic mass is 16.5. The molecule has 2 saturated heterocycles. The number of carbonyl (C=O) groups excluding carboxylic acids is 2. The van der Waals surface area contributed by atoms with Crippen molar-refractivity contribution < 1.29 is 14.3 Å². The maximum Gasteiger partial charge on any atom is 0.254 e. The summed E-state index contributed by atoms with van der Waals surface area (Å²) in [6.07, 6.45) is 1.52. The Labute approximate surface area is 130 Å². The average molecular weight is 302 g/mol. The molecule has 0 aromatic heterocycles. The summed E-state index contributed by atoms with van der Waals surface area (Å²) in [5.41, 5.74) is 1.54. The zero-order chi connectivity index (χ0) is 15.7. The van der Waals surface area contributed by atoms with E-state index in [0.717, 1.165) is 18.7 Å². The largest absolute Gasteiger partial charge is 0.377 e. The number of hydrogen-bond acceptors (Lipinski definition) is 3. The Balaban J connectivity index is 1.77. The van der Waals surface area contributed by atoms with Crippen molar-refractivity contribution in [3.63, 3.8) is 0 Å². The molecule has 0 N–H and O–H groups in total. The van der Waals surface area contributed by atoms with Crippen molar-refractivity contribution in [1.82, 2.24) is 4.90 Å².